The first-order valence-corrected chi connectivity index (χ1v) is 11.2. The van der Waals surface area contributed by atoms with Gasteiger partial charge in [0, 0.05) is 24.9 Å². The fraction of sp³-hybridized carbons (Fsp3) is 0.318. The van der Waals surface area contributed by atoms with Gasteiger partial charge in [0.05, 0.1) is 20.3 Å². The first-order chi connectivity index (χ1) is 14.4. The molecule has 0 spiro atoms. The van der Waals surface area contributed by atoms with Crippen molar-refractivity contribution in [1.82, 2.24) is 4.31 Å². The summed E-state index contributed by atoms with van der Waals surface area (Å²) in [7, 11) is -2.30. The van der Waals surface area contributed by atoms with E-state index < -0.39 is 10.0 Å². The summed E-state index contributed by atoms with van der Waals surface area (Å²) in [5.74, 6) is -0.0314. The highest BCUT2D eigenvalue weighted by Gasteiger charge is 2.29. The summed E-state index contributed by atoms with van der Waals surface area (Å²) < 4.78 is 38.0. The Morgan fingerprint density at radius 2 is 1.97 bits per heavy atom. The first-order valence-electron chi connectivity index (χ1n) is 9.78. The van der Waals surface area contributed by atoms with Crippen molar-refractivity contribution in [3.05, 3.63) is 59.7 Å². The van der Waals surface area contributed by atoms with Gasteiger partial charge in [0.15, 0.2) is 0 Å². The van der Waals surface area contributed by atoms with Crippen LogP contribution in [0.5, 0.6) is 5.75 Å². The van der Waals surface area contributed by atoms with Crippen LogP contribution in [0.1, 0.15) is 18.1 Å². The van der Waals surface area contributed by atoms with Crippen LogP contribution in [0.2, 0.25) is 0 Å². The zero-order valence-electron chi connectivity index (χ0n) is 17.1. The number of amides is 1. The van der Waals surface area contributed by atoms with E-state index in [1.807, 2.05) is 31.2 Å². The number of hydrogen-bond acceptors (Lipinski definition) is 5. The molecular weight excluding hydrogens is 404 g/mol. The van der Waals surface area contributed by atoms with Gasteiger partial charge in [-0.05, 0) is 47.9 Å². The Balaban J connectivity index is 1.79. The molecule has 1 aliphatic rings. The Labute approximate surface area is 177 Å². The van der Waals surface area contributed by atoms with Crippen LogP contribution in [0, 0.1) is 0 Å². The van der Waals surface area contributed by atoms with E-state index in [9.17, 15) is 13.2 Å². The lowest BCUT2D eigenvalue weighted by molar-refractivity contribution is -0.111. The maximum Gasteiger partial charge on any atom is 0.248 e. The zero-order chi connectivity index (χ0) is 21.6. The fourth-order valence-electron chi connectivity index (χ4n) is 3.15. The minimum atomic E-state index is -3.73. The second-order valence-electron chi connectivity index (χ2n) is 6.80. The Morgan fingerprint density at radius 3 is 2.67 bits per heavy atom. The third-order valence-electron chi connectivity index (χ3n) is 4.81. The highest BCUT2D eigenvalue weighted by atomic mass is 32.2. The third-order valence-corrected chi connectivity index (χ3v) is 6.73. The zero-order valence-corrected chi connectivity index (χ0v) is 17.9. The van der Waals surface area contributed by atoms with E-state index in [-0.39, 0.29) is 16.6 Å². The average Bonchev–Trinajstić information content (AvgIpc) is 2.78. The molecule has 1 aliphatic heterocycles. The van der Waals surface area contributed by atoms with Crippen LogP contribution in [0.3, 0.4) is 0 Å². The molecule has 0 aliphatic carbocycles. The molecule has 1 amide bonds. The topological polar surface area (TPSA) is 84.9 Å². The smallest absolute Gasteiger partial charge is 0.248 e. The number of hydrogen-bond donors (Lipinski definition) is 1. The molecule has 1 N–H and O–H groups in total. The van der Waals surface area contributed by atoms with Gasteiger partial charge in [0.2, 0.25) is 15.9 Å². The molecule has 0 unspecified atom stereocenters. The first kappa shape index (κ1) is 22.0. The van der Waals surface area contributed by atoms with Crippen LogP contribution in [-0.4, -0.2) is 52.0 Å². The number of carbonyl (C=O) groups excluding carboxylic acids is 1. The van der Waals surface area contributed by atoms with Gasteiger partial charge < -0.3 is 14.8 Å². The van der Waals surface area contributed by atoms with E-state index in [1.165, 1.54) is 23.6 Å². The lowest BCUT2D eigenvalue weighted by Crippen LogP contribution is -2.40. The van der Waals surface area contributed by atoms with Crippen molar-refractivity contribution in [2.75, 3.05) is 38.7 Å². The summed E-state index contributed by atoms with van der Waals surface area (Å²) >= 11 is 0. The Morgan fingerprint density at radius 1 is 1.20 bits per heavy atom. The van der Waals surface area contributed by atoms with Gasteiger partial charge in [-0.2, -0.15) is 4.31 Å². The molecule has 2 aromatic carbocycles. The number of nitrogens with zero attached hydrogens (tertiary/aromatic N) is 1. The number of rotatable bonds is 7. The van der Waals surface area contributed by atoms with Gasteiger partial charge in [-0.25, -0.2) is 8.42 Å². The maximum absolute atomic E-state index is 13.0. The predicted octanol–water partition coefficient (Wildman–Crippen LogP) is 2.93. The van der Waals surface area contributed by atoms with Crippen LogP contribution < -0.4 is 10.1 Å². The Kier molecular flexibility index (Phi) is 7.25. The van der Waals surface area contributed by atoms with Gasteiger partial charge in [-0.15, -0.1) is 0 Å². The molecule has 30 heavy (non-hydrogen) atoms. The van der Waals surface area contributed by atoms with Crippen molar-refractivity contribution in [3.63, 3.8) is 0 Å². The summed E-state index contributed by atoms with van der Waals surface area (Å²) in [6, 6.07) is 12.5. The number of morpholine rings is 1. The summed E-state index contributed by atoms with van der Waals surface area (Å²) in [5.41, 5.74) is 2.43. The molecule has 0 bridgehead atoms. The molecule has 7 nitrogen and oxygen atoms in total. The number of nitrogens with one attached hydrogen (secondary N) is 1. The minimum Gasteiger partial charge on any atom is -0.495 e. The standard InChI is InChI=1S/C22H26N2O5S/c1-3-17-5-4-6-19(15-17)23-22(25)10-8-18-7-9-20(28-2)21(16-18)30(26,27)24-11-13-29-14-12-24/h4-10,15-16H,3,11-14H2,1-2H3,(H,23,25)/b10-8+. The van der Waals surface area contributed by atoms with E-state index in [1.54, 1.807) is 18.2 Å². The predicted molar refractivity (Wildman–Crippen MR) is 116 cm³/mol. The van der Waals surface area contributed by atoms with Crippen molar-refractivity contribution >= 4 is 27.7 Å². The molecule has 1 saturated heterocycles. The summed E-state index contributed by atoms with van der Waals surface area (Å²) in [6.45, 7) is 3.36. The summed E-state index contributed by atoms with van der Waals surface area (Å²) in [5, 5.41) is 2.82. The monoisotopic (exact) mass is 430 g/mol. The molecule has 0 atom stereocenters. The number of sulfonamides is 1. The minimum absolute atomic E-state index is 0.0742. The molecule has 2 aromatic rings. The van der Waals surface area contributed by atoms with Crippen LogP contribution in [0.15, 0.2) is 53.4 Å². The number of methoxy groups -OCH3 is 1. The van der Waals surface area contributed by atoms with Gasteiger partial charge in [-0.1, -0.05) is 25.1 Å². The van der Waals surface area contributed by atoms with E-state index in [4.69, 9.17) is 9.47 Å². The van der Waals surface area contributed by atoms with Gasteiger partial charge >= 0.3 is 0 Å². The molecule has 0 aromatic heterocycles. The molecule has 0 radical (unpaired) electrons. The van der Waals surface area contributed by atoms with Gasteiger partial charge in [0.1, 0.15) is 10.6 Å². The maximum atomic E-state index is 13.0. The molecule has 3 rings (SSSR count). The normalized spacial score (nSPS) is 15.3. The highest BCUT2D eigenvalue weighted by molar-refractivity contribution is 7.89. The Hall–Kier alpha value is -2.68. The van der Waals surface area contributed by atoms with Gasteiger partial charge in [-0.3, -0.25) is 4.79 Å². The second-order valence-corrected chi connectivity index (χ2v) is 8.71. The van der Waals surface area contributed by atoms with Crippen molar-refractivity contribution in [3.8, 4) is 5.75 Å². The van der Waals surface area contributed by atoms with Crippen LogP contribution in [-0.2, 0) is 26.0 Å². The number of ether oxygens (including phenoxy) is 2. The van der Waals surface area contributed by atoms with E-state index in [0.717, 1.165) is 12.0 Å². The largest absolute Gasteiger partial charge is 0.495 e. The molecule has 1 heterocycles. The molecular formula is C22H26N2O5S. The number of anilines is 1. The molecule has 1 fully saturated rings. The second kappa shape index (κ2) is 9.88. The van der Waals surface area contributed by atoms with Crippen molar-refractivity contribution in [2.45, 2.75) is 18.2 Å². The SMILES string of the molecule is CCc1cccc(NC(=O)/C=C/c2ccc(OC)c(S(=O)(=O)N3CCOCC3)c2)c1. The Bertz CT molecular complexity index is 1030. The molecule has 8 heteroatoms. The third kappa shape index (κ3) is 5.27. The summed E-state index contributed by atoms with van der Waals surface area (Å²) in [4.78, 5) is 12.3. The number of aryl methyl sites for hydroxylation is 1. The van der Waals surface area contributed by atoms with E-state index in [2.05, 4.69) is 5.32 Å². The van der Waals surface area contributed by atoms with Crippen LogP contribution in [0.4, 0.5) is 5.69 Å². The molecule has 0 saturated carbocycles. The van der Waals surface area contributed by atoms with Gasteiger partial charge in [0.25, 0.3) is 0 Å². The lowest BCUT2D eigenvalue weighted by Gasteiger charge is -2.26. The quantitative estimate of drug-likeness (QED) is 0.683. The van der Waals surface area contributed by atoms with Crippen molar-refractivity contribution in [1.29, 1.82) is 0 Å². The van der Waals surface area contributed by atoms with Crippen LogP contribution >= 0.6 is 0 Å². The fourth-order valence-corrected chi connectivity index (χ4v) is 4.75. The van der Waals surface area contributed by atoms with Crippen LogP contribution in [0.25, 0.3) is 6.08 Å². The summed E-state index contributed by atoms with van der Waals surface area (Å²) in [6.07, 6.45) is 3.84. The number of benzene rings is 2. The van der Waals surface area contributed by atoms with E-state index in [0.29, 0.717) is 37.6 Å². The highest BCUT2D eigenvalue weighted by Crippen LogP contribution is 2.28. The van der Waals surface area contributed by atoms with Crippen molar-refractivity contribution < 1.29 is 22.7 Å². The van der Waals surface area contributed by atoms with Crippen molar-refractivity contribution in [2.24, 2.45) is 0 Å². The average molecular weight is 431 g/mol. The lowest BCUT2D eigenvalue weighted by atomic mass is 10.1. The number of carbonyl (C=O) groups is 1. The molecule has 160 valence electrons. The van der Waals surface area contributed by atoms with E-state index >= 15 is 0 Å².